The first-order valence-electron chi connectivity index (χ1n) is 8.76. The summed E-state index contributed by atoms with van der Waals surface area (Å²) >= 11 is 11.5. The molecule has 0 bridgehead atoms. The molecule has 0 fully saturated rings. The Kier molecular flexibility index (Phi) is 6.45. The Labute approximate surface area is 182 Å². The van der Waals surface area contributed by atoms with Crippen LogP contribution < -0.4 is 15.4 Å². The number of anilines is 1. The Hall–Kier alpha value is -0.860. The maximum absolute atomic E-state index is 6.39. The van der Waals surface area contributed by atoms with Gasteiger partial charge >= 0.3 is 0 Å². The lowest BCUT2D eigenvalue weighted by Crippen LogP contribution is -2.45. The summed E-state index contributed by atoms with van der Waals surface area (Å²) in [5.74, 6) is 0.942. The number of halogens is 2. The van der Waals surface area contributed by atoms with E-state index >= 15 is 0 Å². The second-order valence-corrected chi connectivity index (χ2v) is 9.11. The first-order valence-corrected chi connectivity index (χ1v) is 11.0. The molecule has 2 N–H and O–H groups in total. The largest absolute Gasteiger partial charge is 0.487 e. The molecule has 0 unspecified atom stereocenters. The predicted molar refractivity (Wildman–Crippen MR) is 124 cm³/mol. The predicted octanol–water partition coefficient (Wildman–Crippen LogP) is 6.42. The molecule has 0 amide bonds. The number of hydrogen-bond acceptors (Lipinski definition) is 2. The topological polar surface area (TPSA) is 33.3 Å². The van der Waals surface area contributed by atoms with Gasteiger partial charge in [-0.2, -0.15) is 0 Å². The molecule has 0 saturated carbocycles. The van der Waals surface area contributed by atoms with Crippen LogP contribution in [0.15, 0.2) is 46.9 Å². The number of ether oxygens (including phenoxy) is 1. The number of rotatable bonds is 4. The van der Waals surface area contributed by atoms with E-state index in [1.54, 1.807) is 0 Å². The lowest BCUT2D eigenvalue weighted by Gasteiger charge is -2.42. The van der Waals surface area contributed by atoms with Gasteiger partial charge in [-0.15, -0.1) is 0 Å². The van der Waals surface area contributed by atoms with Crippen LogP contribution in [-0.2, 0) is 0 Å². The molecule has 0 spiro atoms. The van der Waals surface area contributed by atoms with E-state index in [9.17, 15) is 0 Å². The van der Waals surface area contributed by atoms with E-state index in [0.29, 0.717) is 5.11 Å². The van der Waals surface area contributed by atoms with E-state index < -0.39 is 0 Å². The minimum atomic E-state index is -0.157. The highest BCUT2D eigenvalue weighted by Gasteiger charge is 2.38. The molecule has 0 aliphatic carbocycles. The van der Waals surface area contributed by atoms with Gasteiger partial charge in [0.2, 0.25) is 0 Å². The first-order chi connectivity index (χ1) is 12.4. The van der Waals surface area contributed by atoms with Crippen molar-refractivity contribution in [2.45, 2.75) is 44.8 Å². The third kappa shape index (κ3) is 4.51. The number of nitrogens with one attached hydrogen (secondary N) is 2. The standard InChI is InChI=1S/C20H22BrIN2OS/c1-3-20(4-2)12-17(16-10-13(21)8-9-18(16)25-20)24-19(26)23-15-7-5-6-14(22)11-15/h5-11,17H,3-4,12H2,1-2H3,(H2,23,24,26)/t17-/m1/s1. The van der Waals surface area contributed by atoms with Crippen LogP contribution in [0.2, 0.25) is 0 Å². The van der Waals surface area contributed by atoms with E-state index in [-0.39, 0.29) is 11.6 Å². The van der Waals surface area contributed by atoms with Crippen molar-refractivity contribution in [1.82, 2.24) is 5.32 Å². The van der Waals surface area contributed by atoms with Gasteiger partial charge in [0.25, 0.3) is 0 Å². The van der Waals surface area contributed by atoms with Gasteiger partial charge in [-0.1, -0.05) is 35.8 Å². The van der Waals surface area contributed by atoms with Crippen LogP contribution in [-0.4, -0.2) is 10.7 Å². The highest BCUT2D eigenvalue weighted by atomic mass is 127. The van der Waals surface area contributed by atoms with Crippen molar-refractivity contribution in [3.8, 4) is 5.75 Å². The Morgan fingerprint density at radius 1 is 1.27 bits per heavy atom. The van der Waals surface area contributed by atoms with Gasteiger partial charge in [0.05, 0.1) is 6.04 Å². The number of benzene rings is 2. The molecule has 3 nitrogen and oxygen atoms in total. The second-order valence-electron chi connectivity index (χ2n) is 6.54. The molecular weight excluding hydrogens is 523 g/mol. The van der Waals surface area contributed by atoms with Gasteiger partial charge in [-0.3, -0.25) is 0 Å². The van der Waals surface area contributed by atoms with Crippen LogP contribution in [0, 0.1) is 3.57 Å². The fourth-order valence-electron chi connectivity index (χ4n) is 3.34. The molecule has 26 heavy (non-hydrogen) atoms. The zero-order chi connectivity index (χ0) is 18.7. The van der Waals surface area contributed by atoms with Gasteiger partial charge in [0.1, 0.15) is 11.4 Å². The molecule has 1 atom stereocenters. The maximum Gasteiger partial charge on any atom is 0.171 e. The number of fused-ring (bicyclic) bond motifs is 1. The zero-order valence-corrected chi connectivity index (χ0v) is 19.4. The molecule has 1 aliphatic heterocycles. The van der Waals surface area contributed by atoms with Crippen molar-refractivity contribution < 1.29 is 4.74 Å². The molecule has 3 rings (SSSR count). The third-order valence-corrected chi connectivity index (χ3v) is 6.31. The fraction of sp³-hybridized carbons (Fsp3) is 0.350. The molecule has 2 aromatic rings. The van der Waals surface area contributed by atoms with Gasteiger partial charge in [-0.05, 0) is 84.0 Å². The molecule has 0 aromatic heterocycles. The van der Waals surface area contributed by atoms with Gasteiger partial charge < -0.3 is 15.4 Å². The summed E-state index contributed by atoms with van der Waals surface area (Å²) in [6, 6.07) is 14.5. The summed E-state index contributed by atoms with van der Waals surface area (Å²) in [5, 5.41) is 7.44. The Morgan fingerprint density at radius 2 is 2.04 bits per heavy atom. The van der Waals surface area contributed by atoms with Crippen LogP contribution in [0.5, 0.6) is 5.75 Å². The third-order valence-electron chi connectivity index (χ3n) is 4.93. The minimum absolute atomic E-state index is 0.110. The van der Waals surface area contributed by atoms with Gasteiger partial charge in [0, 0.05) is 25.7 Å². The molecule has 0 radical (unpaired) electrons. The van der Waals surface area contributed by atoms with Crippen LogP contribution in [0.1, 0.15) is 44.7 Å². The normalized spacial score (nSPS) is 17.8. The molecular formula is C20H22BrIN2OS. The summed E-state index contributed by atoms with van der Waals surface area (Å²) in [6.07, 6.45) is 2.82. The quantitative estimate of drug-likeness (QED) is 0.343. The summed E-state index contributed by atoms with van der Waals surface area (Å²) in [7, 11) is 0. The average Bonchev–Trinajstić information content (AvgIpc) is 2.62. The smallest absolute Gasteiger partial charge is 0.171 e. The van der Waals surface area contributed by atoms with E-state index in [2.05, 4.69) is 81.2 Å². The van der Waals surface area contributed by atoms with Crippen molar-refractivity contribution in [1.29, 1.82) is 0 Å². The Bertz CT molecular complexity index is 810. The lowest BCUT2D eigenvalue weighted by atomic mass is 9.83. The van der Waals surface area contributed by atoms with Crippen molar-refractivity contribution in [3.63, 3.8) is 0 Å². The van der Waals surface area contributed by atoms with Crippen molar-refractivity contribution in [2.24, 2.45) is 0 Å². The van der Waals surface area contributed by atoms with Crippen LogP contribution in [0.4, 0.5) is 5.69 Å². The maximum atomic E-state index is 6.39. The number of thiocarbonyl (C=S) groups is 1. The second kappa shape index (κ2) is 8.44. The SMILES string of the molecule is CCC1(CC)C[C@@H](NC(=S)Nc2cccc(I)c2)c2cc(Br)ccc2O1. The molecule has 1 aliphatic rings. The molecule has 6 heteroatoms. The molecule has 2 aromatic carbocycles. The van der Waals surface area contributed by atoms with E-state index in [0.717, 1.165) is 40.7 Å². The van der Waals surface area contributed by atoms with Crippen molar-refractivity contribution >= 4 is 61.5 Å². The van der Waals surface area contributed by atoms with Crippen LogP contribution >= 0.6 is 50.7 Å². The van der Waals surface area contributed by atoms with Crippen molar-refractivity contribution in [3.05, 3.63) is 56.1 Å². The zero-order valence-electron chi connectivity index (χ0n) is 14.8. The molecule has 138 valence electrons. The highest BCUT2D eigenvalue weighted by Crippen LogP contribution is 2.43. The van der Waals surface area contributed by atoms with E-state index in [1.165, 1.54) is 3.57 Å². The summed E-state index contributed by atoms with van der Waals surface area (Å²) in [6.45, 7) is 4.37. The first kappa shape index (κ1) is 19.9. The minimum Gasteiger partial charge on any atom is -0.487 e. The lowest BCUT2D eigenvalue weighted by molar-refractivity contribution is 0.0256. The summed E-state index contributed by atoms with van der Waals surface area (Å²) in [4.78, 5) is 0. The van der Waals surface area contributed by atoms with E-state index in [1.807, 2.05) is 24.3 Å². The van der Waals surface area contributed by atoms with E-state index in [4.69, 9.17) is 17.0 Å². The monoisotopic (exact) mass is 544 g/mol. The highest BCUT2D eigenvalue weighted by molar-refractivity contribution is 14.1. The molecule has 0 saturated heterocycles. The van der Waals surface area contributed by atoms with Crippen molar-refractivity contribution in [2.75, 3.05) is 5.32 Å². The Balaban J connectivity index is 1.83. The average molecular weight is 545 g/mol. The number of hydrogen-bond donors (Lipinski definition) is 2. The summed E-state index contributed by atoms with van der Waals surface area (Å²) < 4.78 is 8.61. The van der Waals surface area contributed by atoms with Gasteiger partial charge in [0.15, 0.2) is 5.11 Å². The Morgan fingerprint density at radius 3 is 2.73 bits per heavy atom. The van der Waals surface area contributed by atoms with Crippen LogP contribution in [0.25, 0.3) is 0 Å². The fourth-order valence-corrected chi connectivity index (χ4v) is 4.53. The molecule has 1 heterocycles. The summed E-state index contributed by atoms with van der Waals surface area (Å²) in [5.41, 5.74) is 1.98. The van der Waals surface area contributed by atoms with Gasteiger partial charge in [-0.25, -0.2) is 0 Å². The van der Waals surface area contributed by atoms with Crippen LogP contribution in [0.3, 0.4) is 0 Å².